The maximum atomic E-state index is 12.3. The fourth-order valence-electron chi connectivity index (χ4n) is 2.74. The molecule has 0 aromatic heterocycles. The van der Waals surface area contributed by atoms with Gasteiger partial charge in [-0.15, -0.1) is 0 Å². The fraction of sp³-hybridized carbons (Fsp3) is 0.211. The second-order valence-electron chi connectivity index (χ2n) is 5.87. The molecule has 0 spiro atoms. The molecule has 0 aliphatic carbocycles. The summed E-state index contributed by atoms with van der Waals surface area (Å²) in [4.78, 5) is 37.7. The van der Waals surface area contributed by atoms with Gasteiger partial charge >= 0.3 is 5.97 Å². The summed E-state index contributed by atoms with van der Waals surface area (Å²) in [6.07, 6.45) is 0. The first-order valence-electron chi connectivity index (χ1n) is 7.63. The minimum atomic E-state index is -0.638. The van der Waals surface area contributed by atoms with E-state index >= 15 is 0 Å². The standard InChI is InChI=1S/C19H17NO4/c1-11-8-9-12(2)17(13(11)3)24-16(21)10-20-18(22)14-6-4-5-7-15(14)19(20)23/h4-9H,10H2,1-3H3. The molecule has 1 heterocycles. The molecule has 0 fully saturated rings. The monoisotopic (exact) mass is 323 g/mol. The Balaban J connectivity index is 1.79. The van der Waals surface area contributed by atoms with Gasteiger partial charge < -0.3 is 4.74 Å². The molecule has 5 nitrogen and oxygen atoms in total. The number of carbonyl (C=O) groups excluding carboxylic acids is 3. The molecule has 2 aromatic rings. The van der Waals surface area contributed by atoms with Gasteiger partial charge in [-0.2, -0.15) is 0 Å². The lowest BCUT2D eigenvalue weighted by molar-refractivity contribution is -0.134. The predicted octanol–water partition coefficient (Wildman–Crippen LogP) is 2.81. The first-order chi connectivity index (χ1) is 11.4. The second-order valence-corrected chi connectivity index (χ2v) is 5.87. The first kappa shape index (κ1) is 15.9. The SMILES string of the molecule is Cc1ccc(C)c(OC(=O)CN2C(=O)c3ccccc3C2=O)c1C. The molecule has 0 saturated heterocycles. The highest BCUT2D eigenvalue weighted by Crippen LogP contribution is 2.27. The van der Waals surface area contributed by atoms with E-state index in [0.717, 1.165) is 21.6 Å². The molecule has 2 amide bonds. The van der Waals surface area contributed by atoms with Gasteiger partial charge in [0.25, 0.3) is 11.8 Å². The van der Waals surface area contributed by atoms with Crippen molar-refractivity contribution in [1.29, 1.82) is 0 Å². The van der Waals surface area contributed by atoms with Crippen molar-refractivity contribution in [3.63, 3.8) is 0 Å². The van der Waals surface area contributed by atoms with Crippen LogP contribution in [0.25, 0.3) is 0 Å². The molecule has 2 aromatic carbocycles. The van der Waals surface area contributed by atoms with Crippen LogP contribution in [0.4, 0.5) is 0 Å². The highest BCUT2D eigenvalue weighted by atomic mass is 16.5. The first-order valence-corrected chi connectivity index (χ1v) is 7.63. The Kier molecular flexibility index (Phi) is 3.93. The van der Waals surface area contributed by atoms with Crippen LogP contribution in [0.15, 0.2) is 36.4 Å². The molecule has 0 N–H and O–H groups in total. The number of rotatable bonds is 3. The van der Waals surface area contributed by atoms with E-state index in [2.05, 4.69) is 0 Å². The zero-order chi connectivity index (χ0) is 17.4. The number of esters is 1. The molecule has 3 rings (SSSR count). The number of imide groups is 1. The third-order valence-corrected chi connectivity index (χ3v) is 4.25. The molecule has 0 bridgehead atoms. The van der Waals surface area contributed by atoms with E-state index in [-0.39, 0.29) is 0 Å². The third-order valence-electron chi connectivity index (χ3n) is 4.25. The Morgan fingerprint density at radius 3 is 2.04 bits per heavy atom. The largest absolute Gasteiger partial charge is 0.425 e. The number of fused-ring (bicyclic) bond motifs is 1. The highest BCUT2D eigenvalue weighted by molar-refractivity contribution is 6.22. The summed E-state index contributed by atoms with van der Waals surface area (Å²) >= 11 is 0. The topological polar surface area (TPSA) is 63.7 Å². The van der Waals surface area contributed by atoms with Crippen LogP contribution in [0.2, 0.25) is 0 Å². The van der Waals surface area contributed by atoms with E-state index < -0.39 is 24.3 Å². The van der Waals surface area contributed by atoms with Gasteiger partial charge in [-0.05, 0) is 49.6 Å². The molecule has 0 atom stereocenters. The molecule has 24 heavy (non-hydrogen) atoms. The van der Waals surface area contributed by atoms with Gasteiger partial charge in [0.2, 0.25) is 0 Å². The van der Waals surface area contributed by atoms with Gasteiger partial charge in [-0.3, -0.25) is 14.5 Å². The van der Waals surface area contributed by atoms with Crippen LogP contribution in [-0.4, -0.2) is 29.2 Å². The normalized spacial score (nSPS) is 13.2. The lowest BCUT2D eigenvalue weighted by atomic mass is 10.1. The number of ether oxygens (including phenoxy) is 1. The minimum Gasteiger partial charge on any atom is -0.425 e. The average Bonchev–Trinajstić information content (AvgIpc) is 2.81. The number of hydrogen-bond donors (Lipinski definition) is 0. The van der Waals surface area contributed by atoms with Gasteiger partial charge in [0.1, 0.15) is 12.3 Å². The summed E-state index contributed by atoms with van der Waals surface area (Å²) in [5.41, 5.74) is 3.33. The average molecular weight is 323 g/mol. The molecule has 0 unspecified atom stereocenters. The lowest BCUT2D eigenvalue weighted by Gasteiger charge is -2.16. The van der Waals surface area contributed by atoms with Crippen LogP contribution in [0, 0.1) is 20.8 Å². The number of amides is 2. The highest BCUT2D eigenvalue weighted by Gasteiger charge is 2.36. The number of nitrogens with zero attached hydrogens (tertiary/aromatic N) is 1. The van der Waals surface area contributed by atoms with Gasteiger partial charge in [-0.1, -0.05) is 24.3 Å². The summed E-state index contributed by atoms with van der Waals surface area (Å²) in [5, 5.41) is 0. The van der Waals surface area contributed by atoms with Crippen molar-refractivity contribution in [2.45, 2.75) is 20.8 Å². The molecule has 0 radical (unpaired) electrons. The quantitative estimate of drug-likeness (QED) is 0.495. The zero-order valence-corrected chi connectivity index (χ0v) is 13.8. The van der Waals surface area contributed by atoms with Gasteiger partial charge in [0.15, 0.2) is 0 Å². The van der Waals surface area contributed by atoms with E-state index in [4.69, 9.17) is 4.74 Å². The number of hydrogen-bond acceptors (Lipinski definition) is 4. The van der Waals surface area contributed by atoms with Crippen molar-refractivity contribution in [1.82, 2.24) is 4.90 Å². The molecule has 122 valence electrons. The van der Waals surface area contributed by atoms with Crippen molar-refractivity contribution in [3.8, 4) is 5.75 Å². The minimum absolute atomic E-state index is 0.318. The Labute approximate surface area is 139 Å². The maximum absolute atomic E-state index is 12.3. The Morgan fingerprint density at radius 1 is 0.917 bits per heavy atom. The Hall–Kier alpha value is -2.95. The summed E-state index contributed by atoms with van der Waals surface area (Å²) in [7, 11) is 0. The van der Waals surface area contributed by atoms with E-state index in [1.54, 1.807) is 24.3 Å². The van der Waals surface area contributed by atoms with E-state index in [1.165, 1.54) is 0 Å². The van der Waals surface area contributed by atoms with E-state index in [1.807, 2.05) is 32.9 Å². The van der Waals surface area contributed by atoms with E-state index in [0.29, 0.717) is 16.9 Å². The van der Waals surface area contributed by atoms with Crippen molar-refractivity contribution in [2.75, 3.05) is 6.54 Å². The van der Waals surface area contributed by atoms with Gasteiger partial charge in [-0.25, -0.2) is 4.79 Å². The Bertz CT molecular complexity index is 835. The zero-order valence-electron chi connectivity index (χ0n) is 13.8. The smallest absolute Gasteiger partial charge is 0.331 e. The van der Waals surface area contributed by atoms with Crippen molar-refractivity contribution in [2.24, 2.45) is 0 Å². The summed E-state index contributed by atoms with van der Waals surface area (Å²) in [5.74, 6) is -1.09. The molecule has 0 saturated carbocycles. The van der Waals surface area contributed by atoms with Gasteiger partial charge in [0.05, 0.1) is 11.1 Å². The van der Waals surface area contributed by atoms with E-state index in [9.17, 15) is 14.4 Å². The number of carbonyl (C=O) groups is 3. The number of benzene rings is 2. The lowest BCUT2D eigenvalue weighted by Crippen LogP contribution is -2.36. The van der Waals surface area contributed by atoms with Crippen LogP contribution < -0.4 is 4.74 Å². The van der Waals surface area contributed by atoms with Crippen LogP contribution in [0.3, 0.4) is 0 Å². The van der Waals surface area contributed by atoms with Crippen LogP contribution in [0.5, 0.6) is 5.75 Å². The molecule has 1 aliphatic heterocycles. The third kappa shape index (κ3) is 2.58. The summed E-state index contributed by atoms with van der Waals surface area (Å²) < 4.78 is 5.43. The molecule has 1 aliphatic rings. The summed E-state index contributed by atoms with van der Waals surface area (Å²) in [6, 6.07) is 10.3. The summed E-state index contributed by atoms with van der Waals surface area (Å²) in [6.45, 7) is 5.24. The van der Waals surface area contributed by atoms with Crippen LogP contribution in [0.1, 0.15) is 37.4 Å². The fourth-order valence-corrected chi connectivity index (χ4v) is 2.74. The van der Waals surface area contributed by atoms with Crippen LogP contribution in [-0.2, 0) is 4.79 Å². The van der Waals surface area contributed by atoms with Crippen molar-refractivity contribution >= 4 is 17.8 Å². The molecule has 5 heteroatoms. The Morgan fingerprint density at radius 2 is 1.46 bits per heavy atom. The van der Waals surface area contributed by atoms with Gasteiger partial charge in [0, 0.05) is 0 Å². The molecular weight excluding hydrogens is 306 g/mol. The van der Waals surface area contributed by atoms with Crippen molar-refractivity contribution in [3.05, 3.63) is 64.2 Å². The number of aryl methyl sites for hydroxylation is 2. The van der Waals surface area contributed by atoms with Crippen molar-refractivity contribution < 1.29 is 19.1 Å². The van der Waals surface area contributed by atoms with Crippen LogP contribution >= 0.6 is 0 Å². The second kappa shape index (κ2) is 5.92. The predicted molar refractivity (Wildman–Crippen MR) is 88.1 cm³/mol. The molecular formula is C19H17NO4. The maximum Gasteiger partial charge on any atom is 0.331 e.